The highest BCUT2D eigenvalue weighted by Crippen LogP contribution is 2.36. The molecule has 3 rings (SSSR count). The zero-order valence-electron chi connectivity index (χ0n) is 12.0. The summed E-state index contributed by atoms with van der Waals surface area (Å²) >= 11 is 3.59. The summed E-state index contributed by atoms with van der Waals surface area (Å²) in [4.78, 5) is 0. The van der Waals surface area contributed by atoms with Gasteiger partial charge in [-0.15, -0.1) is 0 Å². The third-order valence-corrected chi connectivity index (χ3v) is 5.01. The first-order chi connectivity index (χ1) is 9.58. The second kappa shape index (κ2) is 5.66. The van der Waals surface area contributed by atoms with Crippen LogP contribution in [0.4, 0.5) is 0 Å². The number of fused-ring (bicyclic) bond motifs is 1. The predicted octanol–water partition coefficient (Wildman–Crippen LogP) is 3.21. The van der Waals surface area contributed by atoms with E-state index in [1.54, 1.807) is 0 Å². The van der Waals surface area contributed by atoms with Crippen LogP contribution in [-0.2, 0) is 17.6 Å². The standard InChI is InChI=1S/C16H22BrNO2/c1-16(5-2-3-6-20-16)14(18)10-12-9-13(17)8-11-4-7-19-15(11)12/h8-9,14H,2-7,10,18H2,1H3. The van der Waals surface area contributed by atoms with Gasteiger partial charge in [-0.25, -0.2) is 0 Å². The number of hydrogen-bond donors (Lipinski definition) is 1. The lowest BCUT2D eigenvalue weighted by Gasteiger charge is -2.39. The quantitative estimate of drug-likeness (QED) is 0.919. The van der Waals surface area contributed by atoms with Crippen molar-refractivity contribution >= 4 is 15.9 Å². The summed E-state index contributed by atoms with van der Waals surface area (Å²) in [5.41, 5.74) is 8.75. The molecule has 0 saturated carbocycles. The summed E-state index contributed by atoms with van der Waals surface area (Å²) in [5, 5.41) is 0. The number of nitrogens with two attached hydrogens (primary N) is 1. The molecule has 3 nitrogen and oxygen atoms in total. The fourth-order valence-corrected chi connectivity index (χ4v) is 3.75. The average Bonchev–Trinajstić information content (AvgIpc) is 2.87. The third kappa shape index (κ3) is 2.74. The summed E-state index contributed by atoms with van der Waals surface area (Å²) < 4.78 is 12.9. The highest BCUT2D eigenvalue weighted by Gasteiger charge is 2.35. The van der Waals surface area contributed by atoms with E-state index < -0.39 is 0 Å². The van der Waals surface area contributed by atoms with Crippen LogP contribution in [0, 0.1) is 0 Å². The van der Waals surface area contributed by atoms with E-state index >= 15 is 0 Å². The Bertz CT molecular complexity index is 497. The molecular formula is C16H22BrNO2. The van der Waals surface area contributed by atoms with Crippen LogP contribution in [0.2, 0.25) is 0 Å². The molecular weight excluding hydrogens is 318 g/mol. The van der Waals surface area contributed by atoms with E-state index in [-0.39, 0.29) is 11.6 Å². The summed E-state index contributed by atoms with van der Waals surface area (Å²) in [5.74, 6) is 1.04. The molecule has 1 saturated heterocycles. The molecule has 110 valence electrons. The zero-order chi connectivity index (χ0) is 14.2. The third-order valence-electron chi connectivity index (χ3n) is 4.55. The molecule has 2 atom stereocenters. The second-order valence-electron chi connectivity index (χ2n) is 6.08. The lowest BCUT2D eigenvalue weighted by molar-refractivity contribution is -0.0809. The predicted molar refractivity (Wildman–Crippen MR) is 83.2 cm³/mol. The van der Waals surface area contributed by atoms with Crippen molar-refractivity contribution in [3.8, 4) is 5.75 Å². The number of halogens is 1. The van der Waals surface area contributed by atoms with Gasteiger partial charge >= 0.3 is 0 Å². The van der Waals surface area contributed by atoms with Gasteiger partial charge in [0.15, 0.2) is 0 Å². The fourth-order valence-electron chi connectivity index (χ4n) is 3.20. The monoisotopic (exact) mass is 339 g/mol. The molecule has 1 aromatic rings. The molecule has 1 fully saturated rings. The minimum Gasteiger partial charge on any atom is -0.493 e. The van der Waals surface area contributed by atoms with E-state index in [4.69, 9.17) is 15.2 Å². The highest BCUT2D eigenvalue weighted by atomic mass is 79.9. The van der Waals surface area contributed by atoms with Crippen LogP contribution in [0.1, 0.15) is 37.3 Å². The smallest absolute Gasteiger partial charge is 0.125 e. The summed E-state index contributed by atoms with van der Waals surface area (Å²) in [6.45, 7) is 3.76. The maximum Gasteiger partial charge on any atom is 0.125 e. The molecule has 0 bridgehead atoms. The SMILES string of the molecule is CC1(C(N)Cc2cc(Br)cc3c2OCC3)CCCCO1. The van der Waals surface area contributed by atoms with Gasteiger partial charge in [-0.2, -0.15) is 0 Å². The van der Waals surface area contributed by atoms with Gasteiger partial charge in [-0.3, -0.25) is 0 Å². The van der Waals surface area contributed by atoms with E-state index in [0.717, 1.165) is 49.1 Å². The van der Waals surface area contributed by atoms with Crippen LogP contribution >= 0.6 is 15.9 Å². The van der Waals surface area contributed by atoms with Crippen molar-refractivity contribution in [3.05, 3.63) is 27.7 Å². The Morgan fingerprint density at radius 1 is 1.35 bits per heavy atom. The highest BCUT2D eigenvalue weighted by molar-refractivity contribution is 9.10. The second-order valence-corrected chi connectivity index (χ2v) is 7.00. The summed E-state index contributed by atoms with van der Waals surface area (Å²) in [6.07, 6.45) is 5.20. The minimum atomic E-state index is -0.202. The van der Waals surface area contributed by atoms with Crippen LogP contribution in [-0.4, -0.2) is 24.9 Å². The summed E-state index contributed by atoms with van der Waals surface area (Å²) in [7, 11) is 0. The molecule has 4 heteroatoms. The van der Waals surface area contributed by atoms with Gasteiger partial charge in [-0.1, -0.05) is 15.9 Å². The minimum absolute atomic E-state index is 0.00500. The molecule has 2 N–H and O–H groups in total. The molecule has 2 heterocycles. The topological polar surface area (TPSA) is 44.5 Å². The Kier molecular flexibility index (Phi) is 4.07. The molecule has 0 amide bonds. The summed E-state index contributed by atoms with van der Waals surface area (Å²) in [6, 6.07) is 4.29. The van der Waals surface area contributed by atoms with Gasteiger partial charge in [0.05, 0.1) is 12.2 Å². The van der Waals surface area contributed by atoms with E-state index in [1.807, 2.05) is 0 Å². The van der Waals surface area contributed by atoms with Crippen molar-refractivity contribution in [2.45, 2.75) is 50.7 Å². The Morgan fingerprint density at radius 3 is 2.95 bits per heavy atom. The number of ether oxygens (including phenoxy) is 2. The van der Waals surface area contributed by atoms with Gasteiger partial charge in [0.1, 0.15) is 5.75 Å². The van der Waals surface area contributed by atoms with Gasteiger partial charge in [0, 0.05) is 23.5 Å². The van der Waals surface area contributed by atoms with Crippen molar-refractivity contribution < 1.29 is 9.47 Å². The molecule has 2 aliphatic rings. The molecule has 2 aliphatic heterocycles. The molecule has 1 aromatic carbocycles. The van der Waals surface area contributed by atoms with Gasteiger partial charge in [0.2, 0.25) is 0 Å². The van der Waals surface area contributed by atoms with Crippen LogP contribution in [0.15, 0.2) is 16.6 Å². The van der Waals surface area contributed by atoms with Crippen molar-refractivity contribution in [1.29, 1.82) is 0 Å². The van der Waals surface area contributed by atoms with Crippen LogP contribution < -0.4 is 10.5 Å². The fraction of sp³-hybridized carbons (Fsp3) is 0.625. The Labute approximate surface area is 129 Å². The maximum absolute atomic E-state index is 6.46. The van der Waals surface area contributed by atoms with Crippen LogP contribution in [0.5, 0.6) is 5.75 Å². The van der Waals surface area contributed by atoms with Crippen LogP contribution in [0.3, 0.4) is 0 Å². The molecule has 0 aromatic heterocycles. The Hall–Kier alpha value is -0.580. The van der Waals surface area contributed by atoms with Gasteiger partial charge in [-0.05, 0) is 55.9 Å². The first-order valence-electron chi connectivity index (χ1n) is 7.42. The van der Waals surface area contributed by atoms with Gasteiger partial charge in [0.25, 0.3) is 0 Å². The van der Waals surface area contributed by atoms with Crippen molar-refractivity contribution in [3.63, 3.8) is 0 Å². The zero-order valence-corrected chi connectivity index (χ0v) is 13.5. The first-order valence-corrected chi connectivity index (χ1v) is 8.21. The molecule has 0 radical (unpaired) electrons. The molecule has 20 heavy (non-hydrogen) atoms. The van der Waals surface area contributed by atoms with E-state index in [9.17, 15) is 0 Å². The Morgan fingerprint density at radius 2 is 2.20 bits per heavy atom. The van der Waals surface area contributed by atoms with E-state index in [0.29, 0.717) is 0 Å². The number of benzene rings is 1. The largest absolute Gasteiger partial charge is 0.493 e. The molecule has 0 aliphatic carbocycles. The van der Waals surface area contributed by atoms with Crippen molar-refractivity contribution in [1.82, 2.24) is 0 Å². The van der Waals surface area contributed by atoms with Crippen LogP contribution in [0.25, 0.3) is 0 Å². The van der Waals surface area contributed by atoms with Gasteiger partial charge < -0.3 is 15.2 Å². The van der Waals surface area contributed by atoms with Crippen molar-refractivity contribution in [2.24, 2.45) is 5.73 Å². The average molecular weight is 340 g/mol. The lowest BCUT2D eigenvalue weighted by Crippen LogP contribution is -2.50. The van der Waals surface area contributed by atoms with Crippen molar-refractivity contribution in [2.75, 3.05) is 13.2 Å². The lowest BCUT2D eigenvalue weighted by atomic mass is 9.85. The van der Waals surface area contributed by atoms with E-state index in [2.05, 4.69) is 35.0 Å². The van der Waals surface area contributed by atoms with E-state index in [1.165, 1.54) is 17.5 Å². The number of hydrogen-bond acceptors (Lipinski definition) is 3. The molecule has 2 unspecified atom stereocenters. The Balaban J connectivity index is 1.81. The number of rotatable bonds is 3. The normalized spacial score (nSPS) is 26.9. The first kappa shape index (κ1) is 14.4. The molecule has 0 spiro atoms. The maximum atomic E-state index is 6.46.